The van der Waals surface area contributed by atoms with E-state index in [0.29, 0.717) is 26.4 Å². The lowest BCUT2D eigenvalue weighted by Crippen LogP contribution is -2.20. The molecule has 22 heavy (non-hydrogen) atoms. The minimum absolute atomic E-state index is 0.160. The summed E-state index contributed by atoms with van der Waals surface area (Å²) in [6, 6.07) is 8.14. The van der Waals surface area contributed by atoms with E-state index >= 15 is 0 Å². The average molecular weight is 340 g/mol. The molecule has 114 valence electrons. The molecule has 1 aromatic heterocycles. The van der Waals surface area contributed by atoms with E-state index in [0.717, 1.165) is 11.3 Å². The van der Waals surface area contributed by atoms with Crippen molar-refractivity contribution >= 4 is 40.5 Å². The molecule has 1 aromatic carbocycles. The molecule has 2 heterocycles. The molecule has 2 aromatic rings. The summed E-state index contributed by atoms with van der Waals surface area (Å²) in [7, 11) is 0. The van der Waals surface area contributed by atoms with Crippen molar-refractivity contribution < 1.29 is 23.8 Å². The fourth-order valence-electron chi connectivity index (χ4n) is 1.80. The number of carbonyl (C=O) groups excluding carboxylic acids is 2. The maximum Gasteiger partial charge on any atom is 0.348 e. The fraction of sp³-hybridized carbons (Fsp3) is 0.143. The van der Waals surface area contributed by atoms with Crippen LogP contribution in [0.15, 0.2) is 30.3 Å². The summed E-state index contributed by atoms with van der Waals surface area (Å²) in [6.07, 6.45) is 0. The zero-order valence-corrected chi connectivity index (χ0v) is 12.7. The lowest BCUT2D eigenvalue weighted by molar-refractivity contribution is -0.119. The van der Waals surface area contributed by atoms with Crippen LogP contribution in [-0.2, 0) is 9.53 Å². The second kappa shape index (κ2) is 6.25. The summed E-state index contributed by atoms with van der Waals surface area (Å²) >= 11 is 6.82. The molecule has 1 amide bonds. The number of carbonyl (C=O) groups is 2. The van der Waals surface area contributed by atoms with Crippen LogP contribution in [0.2, 0.25) is 4.34 Å². The maximum atomic E-state index is 11.8. The van der Waals surface area contributed by atoms with Crippen molar-refractivity contribution in [3.63, 3.8) is 0 Å². The van der Waals surface area contributed by atoms with E-state index in [-0.39, 0.29) is 13.4 Å². The minimum Gasteiger partial charge on any atom is -0.454 e. The molecule has 0 aliphatic carbocycles. The van der Waals surface area contributed by atoms with Crippen LogP contribution in [-0.4, -0.2) is 25.3 Å². The number of nitrogens with one attached hydrogen (secondary N) is 1. The van der Waals surface area contributed by atoms with Gasteiger partial charge in [0.15, 0.2) is 18.1 Å². The Balaban J connectivity index is 1.53. The van der Waals surface area contributed by atoms with Crippen molar-refractivity contribution in [1.29, 1.82) is 0 Å². The summed E-state index contributed by atoms with van der Waals surface area (Å²) in [6.45, 7) is -0.226. The predicted octanol–water partition coefficient (Wildman–Crippen LogP) is 2.93. The second-order valence-corrected chi connectivity index (χ2v) is 6.01. The Hall–Kier alpha value is -2.25. The summed E-state index contributed by atoms with van der Waals surface area (Å²) in [5.74, 6) is 0.148. The number of ether oxygens (including phenoxy) is 3. The van der Waals surface area contributed by atoms with Crippen LogP contribution >= 0.6 is 22.9 Å². The lowest BCUT2D eigenvalue weighted by Gasteiger charge is -2.06. The SMILES string of the molecule is O=C(COC(=O)c1ccc(Cl)s1)Nc1ccc2c(c1)OCO2. The normalized spacial score (nSPS) is 12.0. The molecular formula is C14H10ClNO5S. The fourth-order valence-corrected chi connectivity index (χ4v) is 2.73. The van der Waals surface area contributed by atoms with Crippen LogP contribution in [0.5, 0.6) is 11.5 Å². The molecule has 0 saturated carbocycles. The van der Waals surface area contributed by atoms with Crippen molar-refractivity contribution in [2.75, 3.05) is 18.7 Å². The molecule has 0 saturated heterocycles. The van der Waals surface area contributed by atoms with Crippen molar-refractivity contribution in [3.8, 4) is 11.5 Å². The van der Waals surface area contributed by atoms with Crippen LogP contribution in [0.25, 0.3) is 0 Å². The summed E-state index contributed by atoms with van der Waals surface area (Å²) in [4.78, 5) is 23.8. The van der Waals surface area contributed by atoms with Gasteiger partial charge in [-0.25, -0.2) is 4.79 Å². The highest BCUT2D eigenvalue weighted by Gasteiger charge is 2.15. The molecule has 3 rings (SSSR count). The van der Waals surface area contributed by atoms with Crippen molar-refractivity contribution in [1.82, 2.24) is 0 Å². The van der Waals surface area contributed by atoms with Crippen molar-refractivity contribution in [3.05, 3.63) is 39.5 Å². The number of anilines is 1. The first-order valence-corrected chi connectivity index (χ1v) is 7.43. The van der Waals surface area contributed by atoms with E-state index < -0.39 is 11.9 Å². The van der Waals surface area contributed by atoms with Gasteiger partial charge in [0.25, 0.3) is 5.91 Å². The Morgan fingerprint density at radius 2 is 2.05 bits per heavy atom. The molecule has 0 radical (unpaired) electrons. The first kappa shape index (κ1) is 14.7. The highest BCUT2D eigenvalue weighted by molar-refractivity contribution is 7.17. The smallest absolute Gasteiger partial charge is 0.348 e. The van der Waals surface area contributed by atoms with Gasteiger partial charge < -0.3 is 19.5 Å². The predicted molar refractivity (Wildman–Crippen MR) is 80.8 cm³/mol. The standard InChI is InChI=1S/C14H10ClNO5S/c15-12-4-3-11(22-12)14(18)19-6-13(17)16-8-1-2-9-10(5-8)21-7-20-9/h1-5H,6-7H2,(H,16,17). The van der Waals surface area contributed by atoms with Gasteiger partial charge in [0.1, 0.15) is 4.88 Å². The number of rotatable bonds is 4. The van der Waals surface area contributed by atoms with Gasteiger partial charge in [0.05, 0.1) is 4.34 Å². The number of fused-ring (bicyclic) bond motifs is 1. The third-order valence-corrected chi connectivity index (χ3v) is 3.98. The number of hydrogen-bond acceptors (Lipinski definition) is 6. The monoisotopic (exact) mass is 339 g/mol. The maximum absolute atomic E-state index is 11.8. The molecule has 0 spiro atoms. The van der Waals surface area contributed by atoms with E-state index in [2.05, 4.69) is 5.32 Å². The molecule has 1 N–H and O–H groups in total. The van der Waals surface area contributed by atoms with Gasteiger partial charge in [0.2, 0.25) is 6.79 Å². The zero-order valence-electron chi connectivity index (χ0n) is 11.1. The topological polar surface area (TPSA) is 73.9 Å². The molecule has 0 bridgehead atoms. The van der Waals surface area contributed by atoms with E-state index in [1.165, 1.54) is 0 Å². The number of esters is 1. The number of amides is 1. The van der Waals surface area contributed by atoms with Crippen LogP contribution in [0.4, 0.5) is 5.69 Å². The van der Waals surface area contributed by atoms with Crippen LogP contribution < -0.4 is 14.8 Å². The third kappa shape index (κ3) is 3.32. The van der Waals surface area contributed by atoms with Crippen LogP contribution in [0, 0.1) is 0 Å². The first-order chi connectivity index (χ1) is 10.6. The van der Waals surface area contributed by atoms with E-state index in [1.807, 2.05) is 0 Å². The van der Waals surface area contributed by atoms with Crippen molar-refractivity contribution in [2.45, 2.75) is 0 Å². The molecule has 6 nitrogen and oxygen atoms in total. The molecule has 1 aliphatic heterocycles. The number of benzene rings is 1. The first-order valence-electron chi connectivity index (χ1n) is 6.24. The van der Waals surface area contributed by atoms with E-state index in [4.69, 9.17) is 25.8 Å². The Labute approximate surface area is 134 Å². The summed E-state index contributed by atoms with van der Waals surface area (Å²) < 4.78 is 15.8. The van der Waals surface area contributed by atoms with E-state index in [9.17, 15) is 9.59 Å². The third-order valence-electron chi connectivity index (χ3n) is 2.77. The second-order valence-electron chi connectivity index (χ2n) is 4.30. The van der Waals surface area contributed by atoms with Gasteiger partial charge >= 0.3 is 5.97 Å². The molecule has 0 fully saturated rings. The lowest BCUT2D eigenvalue weighted by atomic mass is 10.3. The highest BCUT2D eigenvalue weighted by atomic mass is 35.5. The minimum atomic E-state index is -0.585. The molecule has 0 atom stereocenters. The van der Waals surface area contributed by atoms with Gasteiger partial charge in [-0.15, -0.1) is 11.3 Å². The van der Waals surface area contributed by atoms with Gasteiger partial charge in [-0.3, -0.25) is 4.79 Å². The molecule has 8 heteroatoms. The zero-order chi connectivity index (χ0) is 15.5. The Bertz CT molecular complexity index is 730. The largest absolute Gasteiger partial charge is 0.454 e. The van der Waals surface area contributed by atoms with Crippen LogP contribution in [0.1, 0.15) is 9.67 Å². The van der Waals surface area contributed by atoms with Gasteiger partial charge in [-0.05, 0) is 24.3 Å². The summed E-state index contributed by atoms with van der Waals surface area (Å²) in [5.41, 5.74) is 0.532. The number of halogens is 1. The summed E-state index contributed by atoms with van der Waals surface area (Å²) in [5, 5.41) is 2.61. The number of thiophene rings is 1. The molecule has 1 aliphatic rings. The van der Waals surface area contributed by atoms with Crippen molar-refractivity contribution in [2.24, 2.45) is 0 Å². The van der Waals surface area contributed by atoms with E-state index in [1.54, 1.807) is 30.3 Å². The number of hydrogen-bond donors (Lipinski definition) is 1. The quantitative estimate of drug-likeness (QED) is 0.867. The molecular weight excluding hydrogens is 330 g/mol. The van der Waals surface area contributed by atoms with Gasteiger partial charge in [-0.1, -0.05) is 11.6 Å². The van der Waals surface area contributed by atoms with Crippen LogP contribution in [0.3, 0.4) is 0 Å². The Kier molecular flexibility index (Phi) is 4.17. The Morgan fingerprint density at radius 3 is 2.82 bits per heavy atom. The average Bonchev–Trinajstić information content (AvgIpc) is 3.13. The van der Waals surface area contributed by atoms with Gasteiger partial charge in [0, 0.05) is 11.8 Å². The molecule has 0 unspecified atom stereocenters. The Morgan fingerprint density at radius 1 is 1.23 bits per heavy atom. The van der Waals surface area contributed by atoms with Gasteiger partial charge in [-0.2, -0.15) is 0 Å². The highest BCUT2D eigenvalue weighted by Crippen LogP contribution is 2.34.